The number of carbonyl (C=O) groups is 2. The molecule has 0 aromatic heterocycles. The first-order chi connectivity index (χ1) is 9.78. The van der Waals surface area contributed by atoms with E-state index in [-0.39, 0.29) is 18.4 Å². The fourth-order valence-electron chi connectivity index (χ4n) is 2.81. The summed E-state index contributed by atoms with van der Waals surface area (Å²) in [6, 6.07) is 5.48. The van der Waals surface area contributed by atoms with Crippen LogP contribution in [0.25, 0.3) is 0 Å². The molecule has 2 rings (SSSR count). The molecule has 1 aliphatic rings. The summed E-state index contributed by atoms with van der Waals surface area (Å²) in [4.78, 5) is 25.8. The maximum absolute atomic E-state index is 12.6. The molecule has 1 amide bonds. The maximum Gasteiger partial charge on any atom is 0.311 e. The second-order valence-corrected chi connectivity index (χ2v) is 6.91. The number of carboxylic acids is 1. The first-order valence-electron chi connectivity index (χ1n) is 7.07. The van der Waals surface area contributed by atoms with Gasteiger partial charge in [-0.2, -0.15) is 0 Å². The molecule has 21 heavy (non-hydrogen) atoms. The molecule has 0 saturated carbocycles. The highest BCUT2D eigenvalue weighted by Crippen LogP contribution is 2.38. The van der Waals surface area contributed by atoms with Gasteiger partial charge in [0, 0.05) is 23.1 Å². The lowest BCUT2D eigenvalue weighted by Crippen LogP contribution is -2.40. The van der Waals surface area contributed by atoms with Crippen molar-refractivity contribution in [1.29, 1.82) is 0 Å². The average molecular weight is 354 g/mol. The molecule has 1 N–H and O–H groups in total. The smallest absolute Gasteiger partial charge is 0.311 e. The Balaban J connectivity index is 2.22. The van der Waals surface area contributed by atoms with Crippen molar-refractivity contribution in [3.63, 3.8) is 0 Å². The lowest BCUT2D eigenvalue weighted by Gasteiger charge is -2.28. The molecular weight excluding hydrogens is 334 g/mol. The average Bonchev–Trinajstić information content (AvgIpc) is 2.87. The first kappa shape index (κ1) is 16.0. The summed E-state index contributed by atoms with van der Waals surface area (Å²) >= 11 is 3.43. The van der Waals surface area contributed by atoms with E-state index in [1.54, 1.807) is 17.0 Å². The number of hydrogen-bond acceptors (Lipinski definition) is 2. The van der Waals surface area contributed by atoms with Crippen LogP contribution in [0.3, 0.4) is 0 Å². The zero-order chi connectivity index (χ0) is 15.8. The largest absolute Gasteiger partial charge is 0.481 e. The van der Waals surface area contributed by atoms with Gasteiger partial charge in [-0.15, -0.1) is 0 Å². The number of likely N-dealkylation sites (tertiary alicyclic amines) is 1. The second-order valence-electron chi connectivity index (χ2n) is 6.06. The van der Waals surface area contributed by atoms with Gasteiger partial charge in [0.25, 0.3) is 5.91 Å². The lowest BCUT2D eigenvalue weighted by molar-refractivity contribution is -0.150. The number of carbonyl (C=O) groups excluding carboxylic acids is 1. The van der Waals surface area contributed by atoms with E-state index in [0.29, 0.717) is 18.5 Å². The molecule has 4 nitrogen and oxygen atoms in total. The van der Waals surface area contributed by atoms with Crippen molar-refractivity contribution in [2.75, 3.05) is 13.1 Å². The Morgan fingerprint density at radius 1 is 1.38 bits per heavy atom. The van der Waals surface area contributed by atoms with Crippen LogP contribution >= 0.6 is 15.9 Å². The lowest BCUT2D eigenvalue weighted by atomic mass is 9.76. The number of halogens is 1. The zero-order valence-electron chi connectivity index (χ0n) is 12.5. The molecule has 0 aliphatic carbocycles. The standard InChI is InChI=1S/C16H20BrNO3/c1-10(2)16(15(20)21)6-7-18(9-16)14(19)12-5-4-11(3)13(17)8-12/h4-5,8,10H,6-7,9H2,1-3H3,(H,20,21). The van der Waals surface area contributed by atoms with Crippen LogP contribution in [0.15, 0.2) is 22.7 Å². The van der Waals surface area contributed by atoms with Gasteiger partial charge in [0.05, 0.1) is 5.41 Å². The fourth-order valence-corrected chi connectivity index (χ4v) is 3.19. The van der Waals surface area contributed by atoms with Gasteiger partial charge >= 0.3 is 5.97 Å². The number of carboxylic acid groups (broad SMARTS) is 1. The molecule has 1 aromatic rings. The van der Waals surface area contributed by atoms with Crippen LogP contribution in [0.5, 0.6) is 0 Å². The van der Waals surface area contributed by atoms with Crippen LogP contribution in [0.1, 0.15) is 36.2 Å². The molecule has 1 aliphatic heterocycles. The van der Waals surface area contributed by atoms with Crippen molar-refractivity contribution in [3.8, 4) is 0 Å². The Bertz CT molecular complexity index is 585. The van der Waals surface area contributed by atoms with E-state index in [0.717, 1.165) is 10.0 Å². The Morgan fingerprint density at radius 2 is 2.05 bits per heavy atom. The van der Waals surface area contributed by atoms with Crippen molar-refractivity contribution < 1.29 is 14.7 Å². The van der Waals surface area contributed by atoms with Gasteiger partial charge in [-0.25, -0.2) is 0 Å². The van der Waals surface area contributed by atoms with Crippen LogP contribution in [0.2, 0.25) is 0 Å². The summed E-state index contributed by atoms with van der Waals surface area (Å²) in [6.07, 6.45) is 0.513. The highest BCUT2D eigenvalue weighted by Gasteiger charge is 2.48. The van der Waals surface area contributed by atoms with Gasteiger partial charge in [-0.1, -0.05) is 35.8 Å². The molecule has 0 bridgehead atoms. The number of rotatable bonds is 3. The molecule has 114 valence electrons. The van der Waals surface area contributed by atoms with Crippen molar-refractivity contribution in [2.24, 2.45) is 11.3 Å². The third-order valence-corrected chi connectivity index (χ3v) is 5.39. The molecule has 0 spiro atoms. The van der Waals surface area contributed by atoms with E-state index in [1.807, 2.05) is 26.8 Å². The topological polar surface area (TPSA) is 57.6 Å². The minimum Gasteiger partial charge on any atom is -0.481 e. The Labute approximate surface area is 133 Å². The van der Waals surface area contributed by atoms with Crippen molar-refractivity contribution in [1.82, 2.24) is 4.90 Å². The number of aliphatic carboxylic acids is 1. The van der Waals surface area contributed by atoms with Crippen LogP contribution in [0.4, 0.5) is 0 Å². The quantitative estimate of drug-likeness (QED) is 0.906. The highest BCUT2D eigenvalue weighted by atomic mass is 79.9. The number of nitrogens with zero attached hydrogens (tertiary/aromatic N) is 1. The molecule has 1 unspecified atom stereocenters. The SMILES string of the molecule is Cc1ccc(C(=O)N2CCC(C(=O)O)(C(C)C)C2)cc1Br. The summed E-state index contributed by atoms with van der Waals surface area (Å²) in [5.74, 6) is -0.907. The molecular formula is C16H20BrNO3. The Kier molecular flexibility index (Phi) is 4.42. The first-order valence-corrected chi connectivity index (χ1v) is 7.86. The maximum atomic E-state index is 12.6. The third-order valence-electron chi connectivity index (χ3n) is 4.54. The van der Waals surface area contributed by atoms with Crippen LogP contribution in [0, 0.1) is 18.3 Å². The Hall–Kier alpha value is -1.36. The third kappa shape index (κ3) is 2.84. The molecule has 0 radical (unpaired) electrons. The normalized spacial score (nSPS) is 21.9. The number of aryl methyl sites for hydroxylation is 1. The van der Waals surface area contributed by atoms with Crippen LogP contribution in [-0.4, -0.2) is 35.0 Å². The van der Waals surface area contributed by atoms with Gasteiger partial charge < -0.3 is 10.0 Å². The highest BCUT2D eigenvalue weighted by molar-refractivity contribution is 9.10. The summed E-state index contributed by atoms with van der Waals surface area (Å²) in [5, 5.41) is 9.54. The summed E-state index contributed by atoms with van der Waals surface area (Å²) in [7, 11) is 0. The number of benzene rings is 1. The molecule has 1 fully saturated rings. The number of hydrogen-bond donors (Lipinski definition) is 1. The van der Waals surface area contributed by atoms with E-state index in [9.17, 15) is 14.7 Å². The van der Waals surface area contributed by atoms with E-state index < -0.39 is 11.4 Å². The van der Waals surface area contributed by atoms with Crippen molar-refractivity contribution in [2.45, 2.75) is 27.2 Å². The van der Waals surface area contributed by atoms with Gasteiger partial charge in [-0.3, -0.25) is 9.59 Å². The van der Waals surface area contributed by atoms with Crippen LogP contribution < -0.4 is 0 Å². The van der Waals surface area contributed by atoms with Gasteiger partial charge in [-0.05, 0) is 37.0 Å². The molecule has 1 heterocycles. The summed E-state index contributed by atoms with van der Waals surface area (Å²) in [6.45, 7) is 6.55. The second kappa shape index (κ2) is 5.79. The molecule has 5 heteroatoms. The van der Waals surface area contributed by atoms with Crippen LogP contribution in [-0.2, 0) is 4.79 Å². The van der Waals surface area contributed by atoms with Crippen molar-refractivity contribution in [3.05, 3.63) is 33.8 Å². The van der Waals surface area contributed by atoms with Gasteiger partial charge in [0.15, 0.2) is 0 Å². The monoisotopic (exact) mass is 353 g/mol. The van der Waals surface area contributed by atoms with E-state index in [2.05, 4.69) is 15.9 Å². The summed E-state index contributed by atoms with van der Waals surface area (Å²) < 4.78 is 0.890. The minimum atomic E-state index is -0.822. The Morgan fingerprint density at radius 3 is 2.52 bits per heavy atom. The molecule has 1 saturated heterocycles. The molecule has 1 aromatic carbocycles. The fraction of sp³-hybridized carbons (Fsp3) is 0.500. The molecule has 1 atom stereocenters. The van der Waals surface area contributed by atoms with Gasteiger partial charge in [0.2, 0.25) is 0 Å². The predicted molar refractivity (Wildman–Crippen MR) is 84.3 cm³/mol. The van der Waals surface area contributed by atoms with Crippen molar-refractivity contribution >= 4 is 27.8 Å². The van der Waals surface area contributed by atoms with Gasteiger partial charge in [0.1, 0.15) is 0 Å². The predicted octanol–water partition coefficient (Wildman–Crippen LogP) is 3.33. The van der Waals surface area contributed by atoms with E-state index in [1.165, 1.54) is 0 Å². The van der Waals surface area contributed by atoms with E-state index >= 15 is 0 Å². The summed E-state index contributed by atoms with van der Waals surface area (Å²) in [5.41, 5.74) is 0.838. The minimum absolute atomic E-state index is 0.00226. The van der Waals surface area contributed by atoms with E-state index in [4.69, 9.17) is 0 Å². The number of amides is 1. The zero-order valence-corrected chi connectivity index (χ0v) is 14.1.